The van der Waals surface area contributed by atoms with E-state index in [-0.39, 0.29) is 5.91 Å². The summed E-state index contributed by atoms with van der Waals surface area (Å²) in [6.45, 7) is 3.55. The molecule has 0 aromatic heterocycles. The zero-order valence-electron chi connectivity index (χ0n) is 17.6. The third-order valence-corrected chi connectivity index (χ3v) is 6.18. The van der Waals surface area contributed by atoms with Gasteiger partial charge in [-0.05, 0) is 65.7 Å². The van der Waals surface area contributed by atoms with Gasteiger partial charge in [0.05, 0.1) is 0 Å². The summed E-state index contributed by atoms with van der Waals surface area (Å²) in [6.07, 6.45) is 3.50. The number of anilines is 1. The Hall–Kier alpha value is -2.76. The predicted octanol–water partition coefficient (Wildman–Crippen LogP) is 6.04. The Labute approximate surface area is 202 Å². The molecular formula is C26H24BrClN2O2. The number of carbonyl (C=O) groups excluding carboxylic acids is 1. The van der Waals surface area contributed by atoms with E-state index in [0.29, 0.717) is 19.7 Å². The highest BCUT2D eigenvalue weighted by molar-refractivity contribution is 9.10. The molecular weight excluding hydrogens is 488 g/mol. The van der Waals surface area contributed by atoms with Gasteiger partial charge in [0.1, 0.15) is 12.4 Å². The van der Waals surface area contributed by atoms with Crippen molar-refractivity contribution in [1.29, 1.82) is 0 Å². The van der Waals surface area contributed by atoms with Crippen LogP contribution in [0.15, 0.2) is 83.3 Å². The van der Waals surface area contributed by atoms with Crippen LogP contribution >= 0.6 is 27.5 Å². The Morgan fingerprint density at radius 3 is 2.22 bits per heavy atom. The quantitative estimate of drug-likeness (QED) is 0.378. The molecule has 0 saturated carbocycles. The highest BCUT2D eigenvalue weighted by Gasteiger charge is 2.19. The van der Waals surface area contributed by atoms with Gasteiger partial charge in [0.2, 0.25) is 5.91 Å². The molecule has 0 bridgehead atoms. The average molecular weight is 512 g/mol. The molecule has 1 aliphatic rings. The fourth-order valence-electron chi connectivity index (χ4n) is 3.53. The van der Waals surface area contributed by atoms with E-state index in [1.54, 1.807) is 6.08 Å². The van der Waals surface area contributed by atoms with Crippen LogP contribution in [0.25, 0.3) is 6.08 Å². The Morgan fingerprint density at radius 1 is 0.906 bits per heavy atom. The lowest BCUT2D eigenvalue weighted by molar-refractivity contribution is -0.126. The summed E-state index contributed by atoms with van der Waals surface area (Å²) in [5.41, 5.74) is 3.22. The number of amides is 1. The molecule has 1 heterocycles. The summed E-state index contributed by atoms with van der Waals surface area (Å²) in [7, 11) is 0. The van der Waals surface area contributed by atoms with Gasteiger partial charge in [-0.1, -0.05) is 51.8 Å². The first kappa shape index (κ1) is 22.4. The fraction of sp³-hybridized carbons (Fsp3) is 0.192. The molecule has 0 atom stereocenters. The van der Waals surface area contributed by atoms with Gasteiger partial charge in [-0.3, -0.25) is 4.79 Å². The van der Waals surface area contributed by atoms with Gasteiger partial charge in [-0.25, -0.2) is 0 Å². The largest absolute Gasteiger partial charge is 0.489 e. The van der Waals surface area contributed by atoms with E-state index >= 15 is 0 Å². The monoisotopic (exact) mass is 510 g/mol. The molecule has 0 spiro atoms. The zero-order valence-corrected chi connectivity index (χ0v) is 19.9. The molecule has 1 aliphatic heterocycles. The van der Waals surface area contributed by atoms with Crippen LogP contribution in [-0.4, -0.2) is 37.0 Å². The number of piperazine rings is 1. The number of halogens is 2. The molecule has 1 amide bonds. The van der Waals surface area contributed by atoms with Gasteiger partial charge in [-0.15, -0.1) is 0 Å². The minimum Gasteiger partial charge on any atom is -0.489 e. The minimum atomic E-state index is 0.0383. The second-order valence-corrected chi connectivity index (χ2v) is 8.96. The zero-order chi connectivity index (χ0) is 22.3. The second kappa shape index (κ2) is 10.7. The Morgan fingerprint density at radius 2 is 1.56 bits per heavy atom. The number of ether oxygens (including phenoxy) is 1. The van der Waals surface area contributed by atoms with Crippen molar-refractivity contribution < 1.29 is 9.53 Å². The molecule has 0 aliphatic carbocycles. The van der Waals surface area contributed by atoms with E-state index in [4.69, 9.17) is 16.3 Å². The summed E-state index contributed by atoms with van der Waals surface area (Å²) < 4.78 is 6.89. The van der Waals surface area contributed by atoms with Gasteiger partial charge < -0.3 is 14.5 Å². The van der Waals surface area contributed by atoms with Crippen LogP contribution in [0.3, 0.4) is 0 Å². The Kier molecular flexibility index (Phi) is 7.51. The molecule has 1 fully saturated rings. The van der Waals surface area contributed by atoms with Crippen molar-refractivity contribution in [3.63, 3.8) is 0 Å². The van der Waals surface area contributed by atoms with E-state index in [0.717, 1.165) is 45.1 Å². The summed E-state index contributed by atoms with van der Waals surface area (Å²) in [6, 6.07) is 23.7. The van der Waals surface area contributed by atoms with Crippen LogP contribution in [0.2, 0.25) is 5.02 Å². The van der Waals surface area contributed by atoms with Crippen molar-refractivity contribution >= 4 is 45.2 Å². The third kappa shape index (κ3) is 6.15. The summed E-state index contributed by atoms with van der Waals surface area (Å²) in [4.78, 5) is 16.7. The lowest BCUT2D eigenvalue weighted by Crippen LogP contribution is -2.48. The van der Waals surface area contributed by atoms with Crippen LogP contribution in [0, 0.1) is 0 Å². The van der Waals surface area contributed by atoms with Crippen LogP contribution in [0.4, 0.5) is 5.69 Å². The third-order valence-electron chi connectivity index (χ3n) is 5.40. The SMILES string of the molecule is O=C(/C=C/c1ccc(OCc2ccc(Br)cc2)cc1)N1CCN(c2ccc(Cl)cc2)CC1. The van der Waals surface area contributed by atoms with E-state index in [2.05, 4.69) is 20.8 Å². The first-order valence-corrected chi connectivity index (χ1v) is 11.7. The molecule has 164 valence electrons. The lowest BCUT2D eigenvalue weighted by Gasteiger charge is -2.35. The van der Waals surface area contributed by atoms with Gasteiger partial charge >= 0.3 is 0 Å². The molecule has 0 radical (unpaired) electrons. The van der Waals surface area contributed by atoms with Gasteiger partial charge in [0.25, 0.3) is 0 Å². The number of hydrogen-bond acceptors (Lipinski definition) is 3. The molecule has 6 heteroatoms. The Bertz CT molecular complexity index is 1060. The maximum absolute atomic E-state index is 12.6. The van der Waals surface area contributed by atoms with Crippen molar-refractivity contribution in [3.8, 4) is 5.75 Å². The summed E-state index contributed by atoms with van der Waals surface area (Å²) in [5, 5.41) is 0.733. The highest BCUT2D eigenvalue weighted by atomic mass is 79.9. The number of benzene rings is 3. The van der Waals surface area contributed by atoms with Crippen molar-refractivity contribution in [3.05, 3.63) is 99.5 Å². The standard InChI is InChI=1S/C26H24BrClN2O2/c27-22-6-1-21(2-7-22)19-32-25-12-3-20(4-13-25)5-14-26(31)30-17-15-29(16-18-30)24-10-8-23(28)9-11-24/h1-14H,15-19H2/b14-5+. The lowest BCUT2D eigenvalue weighted by atomic mass is 10.2. The maximum Gasteiger partial charge on any atom is 0.246 e. The van der Waals surface area contributed by atoms with Gasteiger partial charge in [0, 0.05) is 47.4 Å². The Balaban J connectivity index is 1.25. The summed E-state index contributed by atoms with van der Waals surface area (Å²) in [5.74, 6) is 0.839. The predicted molar refractivity (Wildman–Crippen MR) is 134 cm³/mol. The molecule has 3 aromatic rings. The van der Waals surface area contributed by atoms with E-state index < -0.39 is 0 Å². The van der Waals surface area contributed by atoms with Crippen LogP contribution in [-0.2, 0) is 11.4 Å². The van der Waals surface area contributed by atoms with Crippen molar-refractivity contribution in [2.45, 2.75) is 6.61 Å². The van der Waals surface area contributed by atoms with Gasteiger partial charge in [0.15, 0.2) is 0 Å². The highest BCUT2D eigenvalue weighted by Crippen LogP contribution is 2.20. The van der Waals surface area contributed by atoms with Crippen LogP contribution in [0.5, 0.6) is 5.75 Å². The topological polar surface area (TPSA) is 32.8 Å². The van der Waals surface area contributed by atoms with Crippen molar-refractivity contribution in [1.82, 2.24) is 4.90 Å². The number of hydrogen-bond donors (Lipinski definition) is 0. The normalized spacial score (nSPS) is 14.1. The molecule has 3 aromatic carbocycles. The number of carbonyl (C=O) groups is 1. The molecule has 1 saturated heterocycles. The van der Waals surface area contributed by atoms with Crippen LogP contribution in [0.1, 0.15) is 11.1 Å². The number of rotatable bonds is 6. The first-order valence-electron chi connectivity index (χ1n) is 10.5. The minimum absolute atomic E-state index is 0.0383. The van der Waals surface area contributed by atoms with E-state index in [1.165, 1.54) is 0 Å². The molecule has 4 nitrogen and oxygen atoms in total. The number of nitrogens with zero attached hydrogens (tertiary/aromatic N) is 2. The average Bonchev–Trinajstić information content (AvgIpc) is 2.83. The van der Waals surface area contributed by atoms with Gasteiger partial charge in [-0.2, -0.15) is 0 Å². The molecule has 0 unspecified atom stereocenters. The van der Waals surface area contributed by atoms with Crippen LogP contribution < -0.4 is 9.64 Å². The van der Waals surface area contributed by atoms with E-state index in [9.17, 15) is 4.79 Å². The second-order valence-electron chi connectivity index (χ2n) is 7.61. The molecule has 32 heavy (non-hydrogen) atoms. The summed E-state index contributed by atoms with van der Waals surface area (Å²) >= 11 is 9.40. The maximum atomic E-state index is 12.6. The fourth-order valence-corrected chi connectivity index (χ4v) is 3.92. The van der Waals surface area contributed by atoms with E-state index in [1.807, 2.05) is 83.8 Å². The smallest absolute Gasteiger partial charge is 0.246 e. The van der Waals surface area contributed by atoms with Crippen molar-refractivity contribution in [2.75, 3.05) is 31.1 Å². The first-order chi connectivity index (χ1) is 15.6. The molecule has 0 N–H and O–H groups in total. The molecule has 4 rings (SSSR count). The van der Waals surface area contributed by atoms with Crippen molar-refractivity contribution in [2.24, 2.45) is 0 Å².